The van der Waals surface area contributed by atoms with Crippen LogP contribution in [0.4, 0.5) is 4.39 Å². The van der Waals surface area contributed by atoms with E-state index in [1.807, 2.05) is 36.5 Å². The van der Waals surface area contributed by atoms with Crippen molar-refractivity contribution in [2.75, 3.05) is 6.61 Å². The van der Waals surface area contributed by atoms with Gasteiger partial charge in [0.15, 0.2) is 5.65 Å². The lowest BCUT2D eigenvalue weighted by Gasteiger charge is -2.19. The van der Waals surface area contributed by atoms with E-state index < -0.39 is 11.9 Å². The average Bonchev–Trinajstić information content (AvgIpc) is 3.51. The molecule has 0 saturated carbocycles. The Hall–Kier alpha value is -4.15. The van der Waals surface area contributed by atoms with Gasteiger partial charge in [-0.25, -0.2) is 13.9 Å². The Kier molecular flexibility index (Phi) is 5.46. The van der Waals surface area contributed by atoms with Crippen LogP contribution in [0.1, 0.15) is 11.6 Å². The number of H-pyrrole nitrogens is 1. The zero-order valence-electron chi connectivity index (χ0n) is 18.6. The fraction of sp³-hybridized carbons (Fsp3) is 0.0769. The highest BCUT2D eigenvalue weighted by molar-refractivity contribution is 9.10. The lowest BCUT2D eigenvalue weighted by atomic mass is 10.0. The van der Waals surface area contributed by atoms with E-state index in [9.17, 15) is 14.3 Å². The van der Waals surface area contributed by atoms with Crippen LogP contribution in [0, 0.1) is 5.82 Å². The van der Waals surface area contributed by atoms with Crippen LogP contribution >= 0.6 is 15.9 Å². The van der Waals surface area contributed by atoms with Crippen LogP contribution in [0.5, 0.6) is 0 Å². The largest absolute Gasteiger partial charge is 0.394 e. The number of hydrogen-bond donors (Lipinski definition) is 2. The van der Waals surface area contributed by atoms with E-state index in [0.29, 0.717) is 15.6 Å². The highest BCUT2D eigenvalue weighted by atomic mass is 79.9. The predicted molar refractivity (Wildman–Crippen MR) is 137 cm³/mol. The van der Waals surface area contributed by atoms with Crippen molar-refractivity contribution in [2.45, 2.75) is 6.04 Å². The van der Waals surface area contributed by atoms with Crippen LogP contribution in [0.15, 0.2) is 88.7 Å². The number of hydrogen-bond acceptors (Lipinski definition) is 5. The lowest BCUT2D eigenvalue weighted by molar-refractivity contribution is 0.246. The minimum atomic E-state index is -0.715. The molecular weight excluding hydrogens is 527 g/mol. The van der Waals surface area contributed by atoms with Crippen LogP contribution in [-0.4, -0.2) is 41.1 Å². The van der Waals surface area contributed by atoms with E-state index in [1.54, 1.807) is 22.8 Å². The Morgan fingerprint density at radius 2 is 1.86 bits per heavy atom. The van der Waals surface area contributed by atoms with Gasteiger partial charge in [0.25, 0.3) is 5.56 Å². The number of nitrogens with one attached hydrogen (secondary N) is 1. The summed E-state index contributed by atoms with van der Waals surface area (Å²) in [4.78, 5) is 17.2. The van der Waals surface area contributed by atoms with Crippen molar-refractivity contribution >= 4 is 32.5 Å². The third-order valence-electron chi connectivity index (χ3n) is 6.17. The second kappa shape index (κ2) is 8.81. The maximum Gasteiger partial charge on any atom is 0.251 e. The molecule has 0 saturated heterocycles. The number of aromatic nitrogens is 6. The van der Waals surface area contributed by atoms with Crippen molar-refractivity contribution in [1.82, 2.24) is 29.4 Å². The minimum absolute atomic E-state index is 0.309. The molecule has 0 fully saturated rings. The molecule has 0 aliphatic rings. The van der Waals surface area contributed by atoms with E-state index in [1.165, 1.54) is 29.1 Å². The van der Waals surface area contributed by atoms with Crippen molar-refractivity contribution in [3.8, 4) is 22.4 Å². The molecular formula is C26H18BrFN6O2. The first-order chi connectivity index (χ1) is 17.5. The monoisotopic (exact) mass is 544 g/mol. The van der Waals surface area contributed by atoms with Gasteiger partial charge in [-0.3, -0.25) is 9.89 Å². The number of halogens is 2. The van der Waals surface area contributed by atoms with Gasteiger partial charge >= 0.3 is 0 Å². The standard InChI is InChI=1S/C26H18BrFN6O2/c27-19-7-18(8-20(28)11-19)23(13-35)33-6-5-16(10-25(33)36)15-1-3-22-21(9-15)26(32-31-22)17-2-4-24-29-14-30-34(24)12-17/h1-12,14,23,35H,13H2,(H,31,32). The maximum absolute atomic E-state index is 13.9. The van der Waals surface area contributed by atoms with Crippen molar-refractivity contribution in [3.63, 3.8) is 0 Å². The van der Waals surface area contributed by atoms with Gasteiger partial charge in [-0.15, -0.1) is 0 Å². The van der Waals surface area contributed by atoms with Crippen LogP contribution < -0.4 is 5.56 Å². The average molecular weight is 545 g/mol. The third kappa shape index (κ3) is 3.90. The predicted octanol–water partition coefficient (Wildman–Crippen LogP) is 4.58. The zero-order chi connectivity index (χ0) is 24.8. The number of nitrogens with zero attached hydrogens (tertiary/aromatic N) is 5. The molecule has 4 heterocycles. The second-order valence-electron chi connectivity index (χ2n) is 8.38. The normalized spacial score (nSPS) is 12.4. The molecule has 0 aliphatic heterocycles. The van der Waals surface area contributed by atoms with E-state index in [-0.39, 0.29) is 12.2 Å². The van der Waals surface area contributed by atoms with Crippen molar-refractivity contribution < 1.29 is 9.50 Å². The van der Waals surface area contributed by atoms with Crippen molar-refractivity contribution in [2.24, 2.45) is 0 Å². The number of rotatable bonds is 5. The first kappa shape index (κ1) is 22.3. The minimum Gasteiger partial charge on any atom is -0.394 e. The van der Waals surface area contributed by atoms with Crippen molar-refractivity contribution in [3.05, 3.63) is 106 Å². The quantitative estimate of drug-likeness (QED) is 0.330. The lowest BCUT2D eigenvalue weighted by Crippen LogP contribution is -2.27. The fourth-order valence-electron chi connectivity index (χ4n) is 4.42. The van der Waals surface area contributed by atoms with Crippen molar-refractivity contribution in [1.29, 1.82) is 0 Å². The summed E-state index contributed by atoms with van der Waals surface area (Å²) in [6.07, 6.45) is 4.98. The topological polar surface area (TPSA) is 101 Å². The number of fused-ring (bicyclic) bond motifs is 2. The Morgan fingerprint density at radius 3 is 2.67 bits per heavy atom. The van der Waals surface area contributed by atoms with Gasteiger partial charge < -0.3 is 9.67 Å². The number of benzene rings is 2. The molecule has 0 amide bonds. The molecule has 2 aromatic carbocycles. The van der Waals surface area contributed by atoms with Gasteiger partial charge in [0.05, 0.1) is 18.2 Å². The van der Waals surface area contributed by atoms with Crippen LogP contribution in [-0.2, 0) is 0 Å². The number of pyridine rings is 2. The molecule has 2 N–H and O–H groups in total. The summed E-state index contributed by atoms with van der Waals surface area (Å²) >= 11 is 3.27. The number of aliphatic hydroxyl groups is 1. The summed E-state index contributed by atoms with van der Waals surface area (Å²) in [5.41, 5.74) is 4.97. The van der Waals surface area contributed by atoms with E-state index in [2.05, 4.69) is 36.2 Å². The molecule has 8 nitrogen and oxygen atoms in total. The highest BCUT2D eigenvalue weighted by Crippen LogP contribution is 2.30. The Morgan fingerprint density at radius 1 is 1.03 bits per heavy atom. The smallest absolute Gasteiger partial charge is 0.251 e. The molecule has 0 spiro atoms. The summed E-state index contributed by atoms with van der Waals surface area (Å²) in [5, 5.41) is 22.6. The molecule has 1 unspecified atom stereocenters. The maximum atomic E-state index is 13.9. The highest BCUT2D eigenvalue weighted by Gasteiger charge is 2.17. The van der Waals surface area contributed by atoms with Gasteiger partial charge in [0.1, 0.15) is 17.8 Å². The van der Waals surface area contributed by atoms with E-state index in [4.69, 9.17) is 0 Å². The van der Waals surface area contributed by atoms with Gasteiger partial charge in [-0.05, 0) is 65.2 Å². The Labute approximate surface area is 211 Å². The molecule has 178 valence electrons. The van der Waals surface area contributed by atoms with Gasteiger partial charge in [0, 0.05) is 33.9 Å². The fourth-order valence-corrected chi connectivity index (χ4v) is 4.90. The molecule has 0 aliphatic carbocycles. The summed E-state index contributed by atoms with van der Waals surface area (Å²) in [5.74, 6) is -0.449. The van der Waals surface area contributed by atoms with Crippen LogP contribution in [0.3, 0.4) is 0 Å². The third-order valence-corrected chi connectivity index (χ3v) is 6.63. The first-order valence-corrected chi connectivity index (χ1v) is 11.9. The van der Waals surface area contributed by atoms with E-state index >= 15 is 0 Å². The first-order valence-electron chi connectivity index (χ1n) is 11.1. The molecule has 0 bridgehead atoms. The molecule has 1 atom stereocenters. The summed E-state index contributed by atoms with van der Waals surface area (Å²) in [6.45, 7) is -0.352. The van der Waals surface area contributed by atoms with Crippen LogP contribution in [0.25, 0.3) is 38.9 Å². The van der Waals surface area contributed by atoms with Gasteiger partial charge in [0.2, 0.25) is 0 Å². The number of aromatic amines is 1. The summed E-state index contributed by atoms with van der Waals surface area (Å²) in [6, 6.07) is 16.6. The summed E-state index contributed by atoms with van der Waals surface area (Å²) < 4.78 is 17.6. The second-order valence-corrected chi connectivity index (χ2v) is 9.29. The number of aliphatic hydroxyl groups excluding tert-OH is 1. The van der Waals surface area contributed by atoms with Crippen LogP contribution in [0.2, 0.25) is 0 Å². The molecule has 0 radical (unpaired) electrons. The van der Waals surface area contributed by atoms with Gasteiger partial charge in [-0.1, -0.05) is 22.0 Å². The van der Waals surface area contributed by atoms with Gasteiger partial charge in [-0.2, -0.15) is 10.2 Å². The summed E-state index contributed by atoms with van der Waals surface area (Å²) in [7, 11) is 0. The Bertz CT molecular complexity index is 1790. The Balaban J connectivity index is 1.39. The molecule has 6 rings (SSSR count). The van der Waals surface area contributed by atoms with E-state index in [0.717, 1.165) is 33.4 Å². The molecule has 10 heteroatoms. The molecule has 4 aromatic heterocycles. The SMILES string of the molecule is O=c1cc(-c2ccc3[nH]nc(-c4ccc5ncnn5c4)c3c2)ccn1C(CO)c1cc(F)cc(Br)c1. The molecule has 36 heavy (non-hydrogen) atoms. The molecule has 6 aromatic rings. The zero-order valence-corrected chi connectivity index (χ0v) is 20.2.